The summed E-state index contributed by atoms with van der Waals surface area (Å²) in [6.45, 7) is 8.59. The highest BCUT2D eigenvalue weighted by molar-refractivity contribution is 7.89. The van der Waals surface area contributed by atoms with E-state index in [1.807, 2.05) is 45.9 Å². The predicted octanol–water partition coefficient (Wildman–Crippen LogP) is 1.54. The third kappa shape index (κ3) is 4.18. The second-order valence-corrected chi connectivity index (χ2v) is 9.93. The number of carbonyl (C=O) groups excluding carboxylic acids is 1. The first kappa shape index (κ1) is 20.3. The van der Waals surface area contributed by atoms with Gasteiger partial charge in [0.2, 0.25) is 15.9 Å². The van der Waals surface area contributed by atoms with Crippen molar-refractivity contribution in [3.63, 3.8) is 0 Å². The molecule has 27 heavy (non-hydrogen) atoms. The molecule has 2 atom stereocenters. The van der Waals surface area contributed by atoms with E-state index in [2.05, 4.69) is 16.2 Å². The molecule has 2 saturated heterocycles. The molecule has 2 fully saturated rings. The van der Waals surface area contributed by atoms with Gasteiger partial charge in [-0.25, -0.2) is 12.7 Å². The van der Waals surface area contributed by atoms with Crippen LogP contribution in [0.1, 0.15) is 37.8 Å². The Labute approximate surface area is 161 Å². The van der Waals surface area contributed by atoms with E-state index in [4.69, 9.17) is 0 Å². The number of aryl methyl sites for hydroxylation is 2. The summed E-state index contributed by atoms with van der Waals surface area (Å²) in [5.74, 6) is -0.186. The molecular weight excluding hydrogens is 364 g/mol. The molecule has 7 nitrogen and oxygen atoms in total. The third-order valence-electron chi connectivity index (χ3n) is 5.83. The number of rotatable bonds is 4. The van der Waals surface area contributed by atoms with Gasteiger partial charge in [-0.15, -0.1) is 0 Å². The summed E-state index contributed by atoms with van der Waals surface area (Å²) in [4.78, 5) is 12.6. The van der Waals surface area contributed by atoms with Gasteiger partial charge in [0.1, 0.15) is 5.25 Å². The average molecular weight is 395 g/mol. The van der Waals surface area contributed by atoms with E-state index in [0.29, 0.717) is 25.9 Å². The van der Waals surface area contributed by atoms with E-state index in [-0.39, 0.29) is 23.9 Å². The first-order valence-electron chi connectivity index (χ1n) is 9.58. The van der Waals surface area contributed by atoms with Gasteiger partial charge >= 0.3 is 0 Å². The Morgan fingerprint density at radius 3 is 2.22 bits per heavy atom. The number of nitrogens with zero attached hydrogens (tertiary/aromatic N) is 1. The fraction of sp³-hybridized carbons (Fsp3) is 0.632. The van der Waals surface area contributed by atoms with E-state index in [9.17, 15) is 13.2 Å². The molecule has 0 spiro atoms. The Balaban J connectivity index is 1.59. The molecule has 150 valence electrons. The Morgan fingerprint density at radius 1 is 1.07 bits per heavy atom. The number of piperidine rings is 1. The average Bonchev–Trinajstić information content (AvgIpc) is 2.97. The van der Waals surface area contributed by atoms with Gasteiger partial charge in [-0.05, 0) is 63.8 Å². The van der Waals surface area contributed by atoms with E-state index in [1.165, 1.54) is 5.56 Å². The number of amides is 1. The lowest BCUT2D eigenvalue weighted by molar-refractivity contribution is -0.120. The van der Waals surface area contributed by atoms with Crippen LogP contribution < -0.4 is 16.2 Å². The maximum absolute atomic E-state index is 13.0. The van der Waals surface area contributed by atoms with Crippen LogP contribution >= 0.6 is 0 Å². The van der Waals surface area contributed by atoms with Gasteiger partial charge in [-0.2, -0.15) is 0 Å². The van der Waals surface area contributed by atoms with Crippen molar-refractivity contribution in [2.45, 2.75) is 57.9 Å². The number of nitrogens with one attached hydrogen (secondary N) is 3. The topological polar surface area (TPSA) is 90.5 Å². The van der Waals surface area contributed by atoms with Crippen molar-refractivity contribution in [3.8, 4) is 0 Å². The van der Waals surface area contributed by atoms with Crippen LogP contribution in [0.25, 0.3) is 0 Å². The number of anilines is 1. The zero-order valence-electron chi connectivity index (χ0n) is 16.5. The van der Waals surface area contributed by atoms with Gasteiger partial charge in [0.15, 0.2) is 0 Å². The molecule has 0 bridgehead atoms. The molecule has 1 aromatic rings. The molecule has 8 heteroatoms. The van der Waals surface area contributed by atoms with Crippen molar-refractivity contribution in [3.05, 3.63) is 29.3 Å². The lowest BCUT2D eigenvalue weighted by Gasteiger charge is -2.33. The van der Waals surface area contributed by atoms with Crippen LogP contribution in [0, 0.1) is 19.8 Å². The lowest BCUT2D eigenvalue weighted by atomic mass is 9.97. The number of benzene rings is 1. The van der Waals surface area contributed by atoms with Gasteiger partial charge < -0.3 is 5.32 Å². The number of carbonyl (C=O) groups is 1. The van der Waals surface area contributed by atoms with E-state index < -0.39 is 15.3 Å². The Kier molecular flexibility index (Phi) is 5.90. The van der Waals surface area contributed by atoms with Crippen LogP contribution in [0.15, 0.2) is 18.2 Å². The standard InChI is InChI=1S/C19H30N4O3S/c1-12-5-6-17(11-13(12)2)20-19(24)16-7-9-23(10-8-16)27(25,26)18-14(3)21-22-15(18)4/h5-6,11,14-16,18,21-22H,7-10H2,1-4H3,(H,20,24). The van der Waals surface area contributed by atoms with Crippen molar-refractivity contribution < 1.29 is 13.2 Å². The summed E-state index contributed by atoms with van der Waals surface area (Å²) in [7, 11) is -3.40. The van der Waals surface area contributed by atoms with Crippen molar-refractivity contribution in [1.29, 1.82) is 0 Å². The van der Waals surface area contributed by atoms with E-state index >= 15 is 0 Å². The quantitative estimate of drug-likeness (QED) is 0.721. The fourth-order valence-corrected chi connectivity index (χ4v) is 6.22. The summed E-state index contributed by atoms with van der Waals surface area (Å²) in [5.41, 5.74) is 9.13. The Hall–Kier alpha value is -1.48. The van der Waals surface area contributed by atoms with Gasteiger partial charge in [0.25, 0.3) is 0 Å². The van der Waals surface area contributed by atoms with E-state index in [1.54, 1.807) is 4.31 Å². The number of sulfonamides is 1. The summed E-state index contributed by atoms with van der Waals surface area (Å²) >= 11 is 0. The molecule has 1 amide bonds. The lowest BCUT2D eigenvalue weighted by Crippen LogP contribution is -2.50. The van der Waals surface area contributed by atoms with Gasteiger partial charge in [-0.3, -0.25) is 15.6 Å². The van der Waals surface area contributed by atoms with Crippen LogP contribution in [0.5, 0.6) is 0 Å². The summed E-state index contributed by atoms with van der Waals surface area (Å²) in [5, 5.41) is 2.49. The van der Waals surface area contributed by atoms with Crippen LogP contribution in [-0.2, 0) is 14.8 Å². The number of hydrogen-bond acceptors (Lipinski definition) is 5. The molecule has 2 aliphatic heterocycles. The molecule has 0 radical (unpaired) electrons. The van der Waals surface area contributed by atoms with Crippen molar-refractivity contribution >= 4 is 21.6 Å². The van der Waals surface area contributed by atoms with Crippen LogP contribution in [-0.4, -0.2) is 49.1 Å². The minimum Gasteiger partial charge on any atom is -0.326 e. The van der Waals surface area contributed by atoms with Crippen LogP contribution in [0.4, 0.5) is 5.69 Å². The van der Waals surface area contributed by atoms with Crippen LogP contribution in [0.2, 0.25) is 0 Å². The highest BCUT2D eigenvalue weighted by Gasteiger charge is 2.44. The van der Waals surface area contributed by atoms with Gasteiger partial charge in [0, 0.05) is 36.8 Å². The second kappa shape index (κ2) is 7.87. The third-order valence-corrected chi connectivity index (χ3v) is 8.42. The molecule has 1 aromatic carbocycles. The maximum atomic E-state index is 13.0. The maximum Gasteiger partial charge on any atom is 0.227 e. The SMILES string of the molecule is Cc1ccc(NC(=O)C2CCN(S(=O)(=O)C3C(C)NNC3C)CC2)cc1C. The van der Waals surface area contributed by atoms with E-state index in [0.717, 1.165) is 11.3 Å². The molecule has 0 aliphatic carbocycles. The van der Waals surface area contributed by atoms with Crippen molar-refractivity contribution in [1.82, 2.24) is 15.2 Å². The molecule has 2 heterocycles. The Bertz CT molecular complexity index is 793. The first-order valence-corrected chi connectivity index (χ1v) is 11.1. The molecule has 2 unspecified atom stereocenters. The molecule has 2 aliphatic rings. The second-order valence-electron chi connectivity index (χ2n) is 7.84. The molecular formula is C19H30N4O3S. The van der Waals surface area contributed by atoms with Gasteiger partial charge in [0.05, 0.1) is 0 Å². The minimum atomic E-state index is -3.40. The van der Waals surface area contributed by atoms with Crippen LogP contribution in [0.3, 0.4) is 0 Å². The predicted molar refractivity (Wildman–Crippen MR) is 107 cm³/mol. The molecule has 0 aromatic heterocycles. The molecule has 3 rings (SSSR count). The normalized spacial score (nSPS) is 27.6. The van der Waals surface area contributed by atoms with Crippen molar-refractivity contribution in [2.75, 3.05) is 18.4 Å². The monoisotopic (exact) mass is 394 g/mol. The Morgan fingerprint density at radius 2 is 1.67 bits per heavy atom. The number of hydrazine groups is 1. The summed E-state index contributed by atoms with van der Waals surface area (Å²) in [6, 6.07) is 5.58. The number of hydrogen-bond donors (Lipinski definition) is 3. The smallest absolute Gasteiger partial charge is 0.227 e. The summed E-state index contributed by atoms with van der Waals surface area (Å²) in [6.07, 6.45) is 1.10. The highest BCUT2D eigenvalue weighted by atomic mass is 32.2. The van der Waals surface area contributed by atoms with Crippen molar-refractivity contribution in [2.24, 2.45) is 5.92 Å². The minimum absolute atomic E-state index is 0.0266. The largest absolute Gasteiger partial charge is 0.326 e. The van der Waals surface area contributed by atoms with Gasteiger partial charge in [-0.1, -0.05) is 6.07 Å². The summed E-state index contributed by atoms with van der Waals surface area (Å²) < 4.78 is 27.5. The highest BCUT2D eigenvalue weighted by Crippen LogP contribution is 2.26. The molecule has 3 N–H and O–H groups in total. The zero-order chi connectivity index (χ0) is 19.8. The zero-order valence-corrected chi connectivity index (χ0v) is 17.3. The first-order chi connectivity index (χ1) is 12.7. The fourth-order valence-electron chi connectivity index (χ4n) is 3.98. The molecule has 0 saturated carbocycles.